The molecule has 0 radical (unpaired) electrons. The van der Waals surface area contributed by atoms with Crippen molar-refractivity contribution in [3.8, 4) is 0 Å². The average Bonchev–Trinajstić information content (AvgIpc) is 2.45. The smallest absolute Gasteiger partial charge is 0.213 e. The van der Waals surface area contributed by atoms with Gasteiger partial charge in [0.2, 0.25) is 5.96 Å². The number of hydrazine groups is 1. The number of para-hydroxylation sites is 1. The molecule has 0 amide bonds. The van der Waals surface area contributed by atoms with Gasteiger partial charge in [0, 0.05) is 13.1 Å². The summed E-state index contributed by atoms with van der Waals surface area (Å²) in [4.78, 5) is 6.77. The van der Waals surface area contributed by atoms with Crippen molar-refractivity contribution in [1.29, 1.82) is 0 Å². The number of guanidine groups is 1. The predicted octanol–water partition coefficient (Wildman–Crippen LogP) is 2.65. The van der Waals surface area contributed by atoms with Crippen molar-refractivity contribution >= 4 is 11.6 Å². The van der Waals surface area contributed by atoms with Gasteiger partial charge in [-0.15, -0.1) is 0 Å². The van der Waals surface area contributed by atoms with Crippen molar-refractivity contribution in [2.45, 2.75) is 38.6 Å². The zero-order valence-corrected chi connectivity index (χ0v) is 11.8. The van der Waals surface area contributed by atoms with Gasteiger partial charge in [-0.3, -0.25) is 5.43 Å². The van der Waals surface area contributed by atoms with Crippen molar-refractivity contribution < 1.29 is 0 Å². The first-order chi connectivity index (χ1) is 9.20. The Morgan fingerprint density at radius 1 is 1.32 bits per heavy atom. The van der Waals surface area contributed by atoms with Crippen molar-refractivity contribution in [2.24, 2.45) is 16.8 Å². The fourth-order valence-electron chi connectivity index (χ4n) is 2.76. The number of aliphatic imine (C=N–C) groups is 1. The SMILES string of the molecule is CC1CCCC(N(C)C(=Nc2ccccc2)NN)C1. The summed E-state index contributed by atoms with van der Waals surface area (Å²) in [6.45, 7) is 2.32. The van der Waals surface area contributed by atoms with E-state index < -0.39 is 0 Å². The van der Waals surface area contributed by atoms with Crippen LogP contribution in [-0.2, 0) is 0 Å². The van der Waals surface area contributed by atoms with E-state index in [-0.39, 0.29) is 0 Å². The maximum atomic E-state index is 5.64. The van der Waals surface area contributed by atoms with Crippen LogP contribution >= 0.6 is 0 Å². The molecule has 2 atom stereocenters. The molecule has 1 aliphatic rings. The van der Waals surface area contributed by atoms with Crippen LogP contribution in [0.15, 0.2) is 35.3 Å². The van der Waals surface area contributed by atoms with Crippen LogP contribution in [-0.4, -0.2) is 23.9 Å². The monoisotopic (exact) mass is 260 g/mol. The van der Waals surface area contributed by atoms with E-state index in [4.69, 9.17) is 5.84 Å². The van der Waals surface area contributed by atoms with E-state index in [1.807, 2.05) is 30.3 Å². The molecule has 1 saturated carbocycles. The normalized spacial score (nSPS) is 24.1. The molecule has 0 aromatic heterocycles. The fraction of sp³-hybridized carbons (Fsp3) is 0.533. The second kappa shape index (κ2) is 6.57. The topological polar surface area (TPSA) is 53.6 Å². The Balaban J connectivity index is 2.10. The third-order valence-electron chi connectivity index (χ3n) is 3.91. The van der Waals surface area contributed by atoms with Gasteiger partial charge in [-0.05, 0) is 30.9 Å². The number of hydrogen-bond donors (Lipinski definition) is 2. The Hall–Kier alpha value is -1.55. The van der Waals surface area contributed by atoms with Crippen LogP contribution in [0.5, 0.6) is 0 Å². The third-order valence-corrected chi connectivity index (χ3v) is 3.91. The van der Waals surface area contributed by atoms with Gasteiger partial charge in [0.15, 0.2) is 0 Å². The second-order valence-corrected chi connectivity index (χ2v) is 5.45. The molecule has 1 fully saturated rings. The molecule has 2 rings (SSSR count). The Bertz CT molecular complexity index is 415. The maximum absolute atomic E-state index is 5.64. The quantitative estimate of drug-likeness (QED) is 0.372. The van der Waals surface area contributed by atoms with Gasteiger partial charge in [-0.1, -0.05) is 38.0 Å². The van der Waals surface area contributed by atoms with Crippen LogP contribution in [0.4, 0.5) is 5.69 Å². The molecule has 3 N–H and O–H groups in total. The molecule has 4 nitrogen and oxygen atoms in total. The van der Waals surface area contributed by atoms with Gasteiger partial charge in [-0.2, -0.15) is 0 Å². The highest BCUT2D eigenvalue weighted by Gasteiger charge is 2.24. The fourth-order valence-corrected chi connectivity index (χ4v) is 2.76. The molecule has 2 unspecified atom stereocenters. The van der Waals surface area contributed by atoms with Crippen LogP contribution in [0, 0.1) is 5.92 Å². The molecule has 4 heteroatoms. The first kappa shape index (κ1) is 13.9. The number of benzene rings is 1. The summed E-state index contributed by atoms with van der Waals surface area (Å²) in [5, 5.41) is 0. The molecule has 19 heavy (non-hydrogen) atoms. The standard InChI is InChI=1S/C15H24N4/c1-12-7-6-10-14(11-12)19(2)15(18-16)17-13-8-4-3-5-9-13/h3-5,8-9,12,14H,6-7,10-11,16H2,1-2H3,(H,17,18). The number of nitrogens with one attached hydrogen (secondary N) is 1. The van der Waals surface area contributed by atoms with E-state index in [0.29, 0.717) is 6.04 Å². The lowest BCUT2D eigenvalue weighted by molar-refractivity contribution is 0.227. The molecule has 1 aromatic carbocycles. The molecule has 0 spiro atoms. The number of nitrogens with two attached hydrogens (primary N) is 1. The van der Waals surface area contributed by atoms with E-state index in [1.54, 1.807) is 0 Å². The van der Waals surface area contributed by atoms with E-state index in [1.165, 1.54) is 25.7 Å². The van der Waals surface area contributed by atoms with Gasteiger partial charge < -0.3 is 4.90 Å². The largest absolute Gasteiger partial charge is 0.342 e. The minimum absolute atomic E-state index is 0.530. The summed E-state index contributed by atoms with van der Waals surface area (Å²) >= 11 is 0. The number of rotatable bonds is 2. The Morgan fingerprint density at radius 3 is 2.68 bits per heavy atom. The van der Waals surface area contributed by atoms with E-state index in [0.717, 1.165) is 17.6 Å². The highest BCUT2D eigenvalue weighted by molar-refractivity contribution is 5.82. The highest BCUT2D eigenvalue weighted by Crippen LogP contribution is 2.27. The summed E-state index contributed by atoms with van der Waals surface area (Å²) in [6, 6.07) is 10.4. The van der Waals surface area contributed by atoms with Gasteiger partial charge in [0.05, 0.1) is 5.69 Å². The third kappa shape index (κ3) is 3.70. The second-order valence-electron chi connectivity index (χ2n) is 5.45. The average molecular weight is 260 g/mol. The molecule has 1 aliphatic carbocycles. The summed E-state index contributed by atoms with van der Waals surface area (Å²) in [5.74, 6) is 7.17. The van der Waals surface area contributed by atoms with Crippen molar-refractivity contribution in [2.75, 3.05) is 7.05 Å². The molecule has 0 heterocycles. The van der Waals surface area contributed by atoms with Gasteiger partial charge in [0.1, 0.15) is 0 Å². The minimum Gasteiger partial charge on any atom is -0.342 e. The number of nitrogens with zero attached hydrogens (tertiary/aromatic N) is 2. The highest BCUT2D eigenvalue weighted by atomic mass is 15.4. The van der Waals surface area contributed by atoms with Crippen molar-refractivity contribution in [3.63, 3.8) is 0 Å². The van der Waals surface area contributed by atoms with Crippen molar-refractivity contribution in [1.82, 2.24) is 10.3 Å². The maximum Gasteiger partial charge on any atom is 0.213 e. The lowest BCUT2D eigenvalue weighted by Crippen LogP contribution is -2.48. The van der Waals surface area contributed by atoms with E-state index >= 15 is 0 Å². The molecule has 0 aliphatic heterocycles. The van der Waals surface area contributed by atoms with Crippen molar-refractivity contribution in [3.05, 3.63) is 30.3 Å². The number of hydrogen-bond acceptors (Lipinski definition) is 2. The van der Waals surface area contributed by atoms with Crippen LogP contribution < -0.4 is 11.3 Å². The zero-order chi connectivity index (χ0) is 13.7. The first-order valence-electron chi connectivity index (χ1n) is 7.04. The van der Waals surface area contributed by atoms with Crippen LogP contribution in [0.3, 0.4) is 0 Å². The molecule has 0 bridgehead atoms. The van der Waals surface area contributed by atoms with Gasteiger partial charge in [-0.25, -0.2) is 10.8 Å². The molecule has 1 aromatic rings. The molecule has 104 valence electrons. The van der Waals surface area contributed by atoms with Gasteiger partial charge >= 0.3 is 0 Å². The predicted molar refractivity (Wildman–Crippen MR) is 80.0 cm³/mol. The molecular formula is C15H24N4. The van der Waals surface area contributed by atoms with Gasteiger partial charge in [0.25, 0.3) is 0 Å². The lowest BCUT2D eigenvalue weighted by atomic mass is 9.86. The summed E-state index contributed by atoms with van der Waals surface area (Å²) in [6.07, 6.45) is 5.06. The molecular weight excluding hydrogens is 236 g/mol. The van der Waals surface area contributed by atoms with Crippen LogP contribution in [0.2, 0.25) is 0 Å². The summed E-state index contributed by atoms with van der Waals surface area (Å²) < 4.78 is 0. The molecule has 0 saturated heterocycles. The lowest BCUT2D eigenvalue weighted by Gasteiger charge is -2.35. The van der Waals surface area contributed by atoms with Crippen LogP contribution in [0.1, 0.15) is 32.6 Å². The minimum atomic E-state index is 0.530. The zero-order valence-electron chi connectivity index (χ0n) is 11.8. The van der Waals surface area contributed by atoms with E-state index in [2.05, 4.69) is 29.3 Å². The van der Waals surface area contributed by atoms with E-state index in [9.17, 15) is 0 Å². The van der Waals surface area contributed by atoms with Crippen LogP contribution in [0.25, 0.3) is 0 Å². The Morgan fingerprint density at radius 2 is 2.05 bits per heavy atom. The summed E-state index contributed by atoms with van der Waals surface area (Å²) in [7, 11) is 2.07. The Labute approximate surface area is 115 Å². The Kier molecular flexibility index (Phi) is 4.80. The summed E-state index contributed by atoms with van der Waals surface area (Å²) in [5.41, 5.74) is 3.66. The first-order valence-corrected chi connectivity index (χ1v) is 7.04.